The molecule has 2 heterocycles. The summed E-state index contributed by atoms with van der Waals surface area (Å²) in [6.07, 6.45) is 0.609. The SMILES string of the molecule is O=Cc1cc(C(=O)c2cccs2)c(-c2ccccc2)o1. The molecular formula is C16H10O3S. The third-order valence-corrected chi connectivity index (χ3v) is 3.76. The van der Waals surface area contributed by atoms with E-state index in [2.05, 4.69) is 0 Å². The van der Waals surface area contributed by atoms with Gasteiger partial charge in [0.05, 0.1) is 10.4 Å². The Morgan fingerprint density at radius 2 is 1.90 bits per heavy atom. The third-order valence-electron chi connectivity index (χ3n) is 2.89. The molecule has 20 heavy (non-hydrogen) atoms. The Morgan fingerprint density at radius 3 is 2.55 bits per heavy atom. The maximum atomic E-state index is 12.5. The minimum Gasteiger partial charge on any atom is -0.452 e. The molecule has 0 amide bonds. The fourth-order valence-corrected chi connectivity index (χ4v) is 2.66. The molecule has 3 rings (SSSR count). The number of ketones is 1. The first-order valence-corrected chi connectivity index (χ1v) is 6.90. The van der Waals surface area contributed by atoms with Crippen LogP contribution in [-0.2, 0) is 0 Å². The van der Waals surface area contributed by atoms with Crippen LogP contribution in [0.5, 0.6) is 0 Å². The number of benzene rings is 1. The van der Waals surface area contributed by atoms with Gasteiger partial charge in [0.15, 0.2) is 12.0 Å². The van der Waals surface area contributed by atoms with E-state index in [1.54, 1.807) is 6.07 Å². The van der Waals surface area contributed by atoms with Crippen LogP contribution in [0.4, 0.5) is 0 Å². The van der Waals surface area contributed by atoms with E-state index in [9.17, 15) is 9.59 Å². The highest BCUT2D eigenvalue weighted by atomic mass is 32.1. The van der Waals surface area contributed by atoms with Crippen molar-refractivity contribution in [1.82, 2.24) is 0 Å². The highest BCUT2D eigenvalue weighted by Gasteiger charge is 2.20. The van der Waals surface area contributed by atoms with Crippen molar-refractivity contribution < 1.29 is 14.0 Å². The average molecular weight is 282 g/mol. The van der Waals surface area contributed by atoms with Crippen LogP contribution in [0.1, 0.15) is 25.8 Å². The summed E-state index contributed by atoms with van der Waals surface area (Å²) in [5.41, 5.74) is 1.20. The van der Waals surface area contributed by atoms with Gasteiger partial charge in [0.2, 0.25) is 5.78 Å². The van der Waals surface area contributed by atoms with Crippen LogP contribution >= 0.6 is 11.3 Å². The zero-order chi connectivity index (χ0) is 13.9. The molecule has 2 aromatic heterocycles. The topological polar surface area (TPSA) is 47.3 Å². The smallest absolute Gasteiger partial charge is 0.206 e. The van der Waals surface area contributed by atoms with E-state index in [0.29, 0.717) is 22.5 Å². The van der Waals surface area contributed by atoms with Crippen LogP contribution in [0, 0.1) is 0 Å². The fourth-order valence-electron chi connectivity index (χ4n) is 1.98. The lowest BCUT2D eigenvalue weighted by Crippen LogP contribution is -1.98. The van der Waals surface area contributed by atoms with Crippen molar-refractivity contribution in [3.8, 4) is 11.3 Å². The third kappa shape index (κ3) is 2.21. The molecule has 98 valence electrons. The number of thiophene rings is 1. The Kier molecular flexibility index (Phi) is 3.31. The van der Waals surface area contributed by atoms with E-state index in [1.807, 2.05) is 41.8 Å². The Balaban J connectivity index is 2.13. The highest BCUT2D eigenvalue weighted by molar-refractivity contribution is 7.12. The molecule has 0 radical (unpaired) electrons. The van der Waals surface area contributed by atoms with E-state index in [1.165, 1.54) is 17.4 Å². The van der Waals surface area contributed by atoms with Crippen molar-refractivity contribution in [3.05, 3.63) is 70.1 Å². The second-order valence-electron chi connectivity index (χ2n) is 4.18. The quantitative estimate of drug-likeness (QED) is 0.535. The molecule has 0 atom stereocenters. The zero-order valence-electron chi connectivity index (χ0n) is 10.4. The minimum absolute atomic E-state index is 0.129. The maximum Gasteiger partial charge on any atom is 0.206 e. The van der Waals surface area contributed by atoms with Crippen LogP contribution in [0.25, 0.3) is 11.3 Å². The van der Waals surface area contributed by atoms with E-state index in [4.69, 9.17) is 4.42 Å². The van der Waals surface area contributed by atoms with Gasteiger partial charge in [-0.25, -0.2) is 0 Å². The summed E-state index contributed by atoms with van der Waals surface area (Å²) in [4.78, 5) is 24.0. The molecule has 0 fully saturated rings. The van der Waals surface area contributed by atoms with Crippen LogP contribution in [0.15, 0.2) is 58.3 Å². The lowest BCUT2D eigenvalue weighted by Gasteiger charge is -2.00. The van der Waals surface area contributed by atoms with Gasteiger partial charge in [-0.15, -0.1) is 11.3 Å². The summed E-state index contributed by atoms with van der Waals surface area (Å²) in [5.74, 6) is 0.463. The van der Waals surface area contributed by atoms with Gasteiger partial charge in [-0.05, 0) is 17.5 Å². The molecule has 3 nitrogen and oxygen atoms in total. The molecule has 0 aliphatic rings. The van der Waals surface area contributed by atoms with Gasteiger partial charge in [-0.1, -0.05) is 36.4 Å². The van der Waals surface area contributed by atoms with Crippen molar-refractivity contribution in [1.29, 1.82) is 0 Å². The van der Waals surface area contributed by atoms with Crippen molar-refractivity contribution >= 4 is 23.4 Å². The number of hydrogen-bond donors (Lipinski definition) is 0. The zero-order valence-corrected chi connectivity index (χ0v) is 11.2. The number of furan rings is 1. The van der Waals surface area contributed by atoms with Gasteiger partial charge in [0.25, 0.3) is 0 Å². The molecule has 0 aliphatic carbocycles. The number of aldehydes is 1. The second kappa shape index (κ2) is 5.27. The van der Waals surface area contributed by atoms with Gasteiger partial charge < -0.3 is 4.42 Å². The van der Waals surface area contributed by atoms with Crippen LogP contribution < -0.4 is 0 Å². The fraction of sp³-hybridized carbons (Fsp3) is 0. The predicted molar refractivity (Wildman–Crippen MR) is 77.3 cm³/mol. The van der Waals surface area contributed by atoms with E-state index >= 15 is 0 Å². The van der Waals surface area contributed by atoms with Crippen LogP contribution in [-0.4, -0.2) is 12.1 Å². The Labute approximate surface area is 119 Å². The minimum atomic E-state index is -0.129. The maximum absolute atomic E-state index is 12.5. The normalized spacial score (nSPS) is 10.4. The molecule has 0 unspecified atom stereocenters. The summed E-state index contributed by atoms with van der Waals surface area (Å²) in [7, 11) is 0. The summed E-state index contributed by atoms with van der Waals surface area (Å²) in [6.45, 7) is 0. The summed E-state index contributed by atoms with van der Waals surface area (Å²) in [6, 6.07) is 14.4. The number of hydrogen-bond acceptors (Lipinski definition) is 4. The van der Waals surface area contributed by atoms with Crippen molar-refractivity contribution in [3.63, 3.8) is 0 Å². The monoisotopic (exact) mass is 282 g/mol. The van der Waals surface area contributed by atoms with Crippen molar-refractivity contribution in [2.45, 2.75) is 0 Å². The lowest BCUT2D eigenvalue weighted by atomic mass is 10.0. The van der Waals surface area contributed by atoms with Gasteiger partial charge in [-0.3, -0.25) is 9.59 Å². The standard InChI is InChI=1S/C16H10O3S/c17-10-12-9-13(15(18)14-7-4-8-20-14)16(19-12)11-5-2-1-3-6-11/h1-10H. The average Bonchev–Trinajstić information content (AvgIpc) is 3.17. The number of carbonyl (C=O) groups excluding carboxylic acids is 2. The summed E-state index contributed by atoms with van der Waals surface area (Å²) >= 11 is 1.37. The number of rotatable bonds is 4. The molecule has 1 aromatic carbocycles. The molecule has 0 spiro atoms. The first kappa shape index (κ1) is 12.6. The van der Waals surface area contributed by atoms with Gasteiger partial charge in [0.1, 0.15) is 5.76 Å². The van der Waals surface area contributed by atoms with E-state index in [-0.39, 0.29) is 11.5 Å². The lowest BCUT2D eigenvalue weighted by molar-refractivity contribution is 0.104. The van der Waals surface area contributed by atoms with Crippen molar-refractivity contribution in [2.75, 3.05) is 0 Å². The van der Waals surface area contributed by atoms with Gasteiger partial charge in [-0.2, -0.15) is 0 Å². The predicted octanol–water partition coefficient (Wildman–Crippen LogP) is 4.05. The molecular weight excluding hydrogens is 272 g/mol. The second-order valence-corrected chi connectivity index (χ2v) is 5.13. The molecule has 0 bridgehead atoms. The number of carbonyl (C=O) groups is 2. The highest BCUT2D eigenvalue weighted by Crippen LogP contribution is 2.29. The molecule has 4 heteroatoms. The van der Waals surface area contributed by atoms with Gasteiger partial charge >= 0.3 is 0 Å². The molecule has 0 saturated carbocycles. The van der Waals surface area contributed by atoms with E-state index < -0.39 is 0 Å². The van der Waals surface area contributed by atoms with Crippen LogP contribution in [0.2, 0.25) is 0 Å². The first-order valence-electron chi connectivity index (χ1n) is 6.02. The van der Waals surface area contributed by atoms with Gasteiger partial charge in [0, 0.05) is 5.56 Å². The summed E-state index contributed by atoms with van der Waals surface area (Å²) < 4.78 is 5.48. The molecule has 3 aromatic rings. The van der Waals surface area contributed by atoms with Crippen molar-refractivity contribution in [2.24, 2.45) is 0 Å². The Hall–Kier alpha value is -2.46. The molecule has 0 aliphatic heterocycles. The summed E-state index contributed by atoms with van der Waals surface area (Å²) in [5, 5.41) is 1.84. The largest absolute Gasteiger partial charge is 0.452 e. The molecule has 0 saturated heterocycles. The molecule has 0 N–H and O–H groups in total. The Bertz CT molecular complexity index is 739. The van der Waals surface area contributed by atoms with Crippen LogP contribution in [0.3, 0.4) is 0 Å². The Morgan fingerprint density at radius 1 is 1.10 bits per heavy atom. The first-order chi connectivity index (χ1) is 9.79. The van der Waals surface area contributed by atoms with E-state index in [0.717, 1.165) is 5.56 Å².